The van der Waals surface area contributed by atoms with Gasteiger partial charge in [0.25, 0.3) is 0 Å². The molecule has 0 aliphatic carbocycles. The van der Waals surface area contributed by atoms with Gasteiger partial charge in [-0.3, -0.25) is 4.90 Å². The normalized spacial score (nSPS) is 17.7. The molecule has 18 heavy (non-hydrogen) atoms. The molecule has 1 saturated heterocycles. The van der Waals surface area contributed by atoms with Crippen molar-refractivity contribution in [3.8, 4) is 0 Å². The molecule has 0 radical (unpaired) electrons. The molecule has 0 saturated carbocycles. The van der Waals surface area contributed by atoms with Crippen molar-refractivity contribution >= 4 is 17.7 Å². The molecular formula is C13H17ClN2O2. The molecule has 1 aliphatic heterocycles. The number of rotatable bonds is 3. The molecule has 4 nitrogen and oxygen atoms in total. The van der Waals surface area contributed by atoms with Gasteiger partial charge in [0.05, 0.1) is 0 Å². The van der Waals surface area contributed by atoms with E-state index >= 15 is 0 Å². The minimum atomic E-state index is -0.843. The van der Waals surface area contributed by atoms with Crippen LogP contribution in [0.2, 0.25) is 5.02 Å². The number of carbonyl (C=O) groups is 1. The van der Waals surface area contributed by atoms with Crippen LogP contribution in [0.25, 0.3) is 0 Å². The first-order valence-corrected chi connectivity index (χ1v) is 6.32. The molecule has 1 unspecified atom stereocenters. The Bertz CT molecular complexity index is 446. The minimum absolute atomic E-state index is 0.180. The molecule has 1 amide bonds. The zero-order chi connectivity index (χ0) is 13.3. The maximum Gasteiger partial charge on any atom is 0.407 e. The van der Waals surface area contributed by atoms with Gasteiger partial charge in [-0.05, 0) is 25.6 Å². The van der Waals surface area contributed by atoms with E-state index in [9.17, 15) is 4.79 Å². The Morgan fingerprint density at radius 1 is 1.50 bits per heavy atom. The van der Waals surface area contributed by atoms with Gasteiger partial charge in [0, 0.05) is 30.2 Å². The van der Waals surface area contributed by atoms with Crippen molar-refractivity contribution in [3.05, 3.63) is 34.9 Å². The summed E-state index contributed by atoms with van der Waals surface area (Å²) in [5, 5.41) is 9.57. The molecule has 1 fully saturated rings. The molecule has 5 heteroatoms. The van der Waals surface area contributed by atoms with E-state index in [2.05, 4.69) is 11.8 Å². The number of amides is 1. The summed E-state index contributed by atoms with van der Waals surface area (Å²) in [5.74, 6) is 0. The van der Waals surface area contributed by atoms with Crippen molar-refractivity contribution < 1.29 is 9.90 Å². The van der Waals surface area contributed by atoms with Gasteiger partial charge in [-0.25, -0.2) is 4.79 Å². The van der Waals surface area contributed by atoms with Gasteiger partial charge in [-0.1, -0.05) is 29.8 Å². The quantitative estimate of drug-likeness (QED) is 0.917. The van der Waals surface area contributed by atoms with Gasteiger partial charge in [0.1, 0.15) is 0 Å². The lowest BCUT2D eigenvalue weighted by atomic mass is 10.0. The fraction of sp³-hybridized carbons (Fsp3) is 0.462. The zero-order valence-corrected chi connectivity index (χ0v) is 11.3. The maximum absolute atomic E-state index is 10.7. The molecule has 0 spiro atoms. The average molecular weight is 269 g/mol. The lowest BCUT2D eigenvalue weighted by Crippen LogP contribution is -2.60. The van der Waals surface area contributed by atoms with Gasteiger partial charge in [0.15, 0.2) is 0 Å². The summed E-state index contributed by atoms with van der Waals surface area (Å²) in [6, 6.07) is 8.22. The van der Waals surface area contributed by atoms with Crippen molar-refractivity contribution in [2.75, 3.05) is 20.1 Å². The second kappa shape index (κ2) is 5.16. The Hall–Kier alpha value is -1.26. The van der Waals surface area contributed by atoms with Gasteiger partial charge >= 0.3 is 6.09 Å². The first-order chi connectivity index (χ1) is 8.50. The molecule has 1 N–H and O–H groups in total. The highest BCUT2D eigenvalue weighted by Crippen LogP contribution is 2.29. The highest BCUT2D eigenvalue weighted by molar-refractivity contribution is 6.31. The van der Waals surface area contributed by atoms with Crippen LogP contribution in [0.5, 0.6) is 0 Å². The predicted molar refractivity (Wildman–Crippen MR) is 71.0 cm³/mol. The second-order valence-corrected chi connectivity index (χ2v) is 5.11. The van der Waals surface area contributed by atoms with E-state index in [-0.39, 0.29) is 12.1 Å². The van der Waals surface area contributed by atoms with Crippen molar-refractivity contribution in [1.29, 1.82) is 0 Å². The molecule has 1 aromatic carbocycles. The van der Waals surface area contributed by atoms with E-state index < -0.39 is 6.09 Å². The number of benzene rings is 1. The van der Waals surface area contributed by atoms with Crippen LogP contribution in [-0.4, -0.2) is 47.2 Å². The Kier molecular flexibility index (Phi) is 3.78. The van der Waals surface area contributed by atoms with Crippen LogP contribution in [0.4, 0.5) is 4.79 Å². The second-order valence-electron chi connectivity index (χ2n) is 4.70. The molecule has 1 aliphatic rings. The molecule has 0 bridgehead atoms. The fourth-order valence-electron chi connectivity index (χ4n) is 2.22. The molecule has 1 aromatic rings. The van der Waals surface area contributed by atoms with Gasteiger partial charge < -0.3 is 10.0 Å². The maximum atomic E-state index is 10.7. The van der Waals surface area contributed by atoms with Gasteiger partial charge in [-0.2, -0.15) is 0 Å². The van der Waals surface area contributed by atoms with Crippen LogP contribution in [-0.2, 0) is 0 Å². The monoisotopic (exact) mass is 268 g/mol. The number of likely N-dealkylation sites (N-methyl/N-ethyl adjacent to an activating group) is 1. The summed E-state index contributed by atoms with van der Waals surface area (Å²) in [5.41, 5.74) is 1.08. The van der Waals surface area contributed by atoms with E-state index in [1.807, 2.05) is 31.3 Å². The smallest absolute Gasteiger partial charge is 0.407 e. The van der Waals surface area contributed by atoms with E-state index in [4.69, 9.17) is 16.7 Å². The van der Waals surface area contributed by atoms with Crippen LogP contribution in [0.1, 0.15) is 18.5 Å². The highest BCUT2D eigenvalue weighted by atomic mass is 35.5. The van der Waals surface area contributed by atoms with Gasteiger partial charge in [0.2, 0.25) is 0 Å². The standard InChI is InChI=1S/C13H17ClN2O2/c1-9(11-5-3-4-6-12(11)14)15(2)10-7-16(8-10)13(17)18/h3-6,9-10H,7-8H2,1-2H3,(H,17,18). The Labute approximate surface area is 112 Å². The van der Waals surface area contributed by atoms with Crippen LogP contribution in [0.3, 0.4) is 0 Å². The number of likely N-dealkylation sites (tertiary alicyclic amines) is 1. The first-order valence-electron chi connectivity index (χ1n) is 5.95. The Morgan fingerprint density at radius 3 is 2.67 bits per heavy atom. The topological polar surface area (TPSA) is 43.8 Å². The molecule has 98 valence electrons. The lowest BCUT2D eigenvalue weighted by Gasteiger charge is -2.44. The van der Waals surface area contributed by atoms with E-state index in [1.54, 1.807) is 0 Å². The average Bonchev–Trinajstić information content (AvgIpc) is 2.26. The van der Waals surface area contributed by atoms with Crippen LogP contribution in [0, 0.1) is 0 Å². The van der Waals surface area contributed by atoms with Crippen molar-refractivity contribution in [1.82, 2.24) is 9.80 Å². The summed E-state index contributed by atoms with van der Waals surface area (Å²) in [6.45, 7) is 3.23. The number of hydrogen-bond donors (Lipinski definition) is 1. The molecular weight excluding hydrogens is 252 g/mol. The third kappa shape index (κ3) is 2.44. The Morgan fingerprint density at radius 2 is 2.11 bits per heavy atom. The van der Waals surface area contributed by atoms with E-state index in [0.29, 0.717) is 13.1 Å². The SMILES string of the molecule is CC(c1ccccc1Cl)N(C)C1CN(C(=O)O)C1. The summed E-state index contributed by atoms with van der Waals surface area (Å²) in [6.07, 6.45) is -0.843. The number of nitrogens with zero attached hydrogens (tertiary/aromatic N) is 2. The van der Waals surface area contributed by atoms with E-state index in [0.717, 1.165) is 10.6 Å². The van der Waals surface area contributed by atoms with Gasteiger partial charge in [-0.15, -0.1) is 0 Å². The third-order valence-corrected chi connectivity index (χ3v) is 4.02. The minimum Gasteiger partial charge on any atom is -0.465 e. The van der Waals surface area contributed by atoms with Crippen molar-refractivity contribution in [3.63, 3.8) is 0 Å². The summed E-state index contributed by atoms with van der Waals surface area (Å²) in [7, 11) is 2.01. The largest absolute Gasteiger partial charge is 0.465 e. The fourth-order valence-corrected chi connectivity index (χ4v) is 2.51. The summed E-state index contributed by atoms with van der Waals surface area (Å²) >= 11 is 6.18. The van der Waals surface area contributed by atoms with Crippen molar-refractivity contribution in [2.24, 2.45) is 0 Å². The predicted octanol–water partition coefficient (Wildman–Crippen LogP) is 2.70. The number of halogens is 1. The summed E-state index contributed by atoms with van der Waals surface area (Å²) in [4.78, 5) is 14.3. The van der Waals surface area contributed by atoms with E-state index in [1.165, 1.54) is 4.90 Å². The Balaban J connectivity index is 2.00. The molecule has 2 rings (SSSR count). The number of carboxylic acid groups (broad SMARTS) is 1. The lowest BCUT2D eigenvalue weighted by molar-refractivity contribution is 0.0325. The van der Waals surface area contributed by atoms with Crippen LogP contribution < -0.4 is 0 Å². The van der Waals surface area contributed by atoms with Crippen LogP contribution in [0.15, 0.2) is 24.3 Å². The van der Waals surface area contributed by atoms with Crippen molar-refractivity contribution in [2.45, 2.75) is 19.0 Å². The molecule has 0 aromatic heterocycles. The summed E-state index contributed by atoms with van der Waals surface area (Å²) < 4.78 is 0. The van der Waals surface area contributed by atoms with Crippen LogP contribution >= 0.6 is 11.6 Å². The number of hydrogen-bond acceptors (Lipinski definition) is 2. The highest BCUT2D eigenvalue weighted by Gasteiger charge is 2.35. The zero-order valence-electron chi connectivity index (χ0n) is 10.5. The third-order valence-electron chi connectivity index (χ3n) is 3.67. The first kappa shape index (κ1) is 13.2. The molecule has 1 atom stereocenters. The molecule has 1 heterocycles.